The van der Waals surface area contributed by atoms with Crippen LogP contribution in [0.1, 0.15) is 226 Å². The Balaban J connectivity index is 4.14. The largest absolute Gasteiger partial charge is 0.481 e. The fraction of sp³-hybridized carbons (Fsp3) is 0.882. The molecule has 0 fully saturated rings. The molecule has 0 aliphatic heterocycles. The summed E-state index contributed by atoms with van der Waals surface area (Å²) in [5, 5.41) is 11.5. The second-order valence-electron chi connectivity index (χ2n) is 16.8. The number of carbonyl (C=O) groups excluding carboxylic acids is 1. The second-order valence-corrected chi connectivity index (χ2v) is 16.8. The number of carboxylic acid groups (broad SMARTS) is 1. The van der Waals surface area contributed by atoms with E-state index in [1.54, 1.807) is 0 Å². The first-order valence-corrected chi connectivity index (χ1v) is 25.4. The van der Waals surface area contributed by atoms with Gasteiger partial charge in [0.2, 0.25) is 0 Å². The Hall–Kier alpha value is -1.94. The molecule has 0 aromatic carbocycles. The molecule has 354 valence electrons. The van der Waals surface area contributed by atoms with Gasteiger partial charge in [0.05, 0.1) is 19.8 Å². The van der Waals surface area contributed by atoms with Crippen molar-refractivity contribution in [3.63, 3.8) is 0 Å². The van der Waals surface area contributed by atoms with Crippen molar-refractivity contribution in [2.75, 3.05) is 59.4 Å². The number of carbonyl (C=O) groups is 2. The van der Waals surface area contributed by atoms with E-state index in [-0.39, 0.29) is 19.1 Å². The lowest BCUT2D eigenvalue weighted by molar-refractivity contribution is -0.137. The first-order chi connectivity index (χ1) is 29.6. The van der Waals surface area contributed by atoms with Gasteiger partial charge < -0.3 is 34.1 Å². The van der Waals surface area contributed by atoms with Gasteiger partial charge in [-0.05, 0) is 83.5 Å². The van der Waals surface area contributed by atoms with Crippen LogP contribution in [0.25, 0.3) is 0 Å². The predicted molar refractivity (Wildman–Crippen MR) is 251 cm³/mol. The Morgan fingerprint density at radius 3 is 1.33 bits per heavy atom. The molecule has 0 bridgehead atoms. The summed E-state index contributed by atoms with van der Waals surface area (Å²) in [5.41, 5.74) is 0. The molecule has 1 unspecified atom stereocenters. The zero-order chi connectivity index (χ0) is 43.5. The van der Waals surface area contributed by atoms with E-state index < -0.39 is 12.1 Å². The molecule has 0 aromatic heterocycles. The number of hydrogen-bond acceptors (Lipinski definition) is 7. The first kappa shape index (κ1) is 58.1. The van der Waals surface area contributed by atoms with Crippen molar-refractivity contribution in [3.05, 3.63) is 24.3 Å². The lowest BCUT2D eigenvalue weighted by Gasteiger charge is -2.18. The highest BCUT2D eigenvalue weighted by atomic mass is 16.6. The molecule has 1 amide bonds. The highest BCUT2D eigenvalue weighted by Crippen LogP contribution is 2.12. The number of rotatable bonds is 50. The Morgan fingerprint density at radius 1 is 0.450 bits per heavy atom. The number of hydrogen-bond donors (Lipinski definition) is 2. The average molecular weight is 852 g/mol. The minimum atomic E-state index is -0.751. The number of allylic oxidation sites excluding steroid dienone is 4. The maximum absolute atomic E-state index is 12.4. The van der Waals surface area contributed by atoms with Gasteiger partial charge in [0.1, 0.15) is 12.7 Å². The Labute approximate surface area is 370 Å². The van der Waals surface area contributed by atoms with E-state index in [9.17, 15) is 9.59 Å². The monoisotopic (exact) mass is 852 g/mol. The number of nitrogens with one attached hydrogen (secondary N) is 1. The molecule has 9 heteroatoms. The normalized spacial score (nSPS) is 12.2. The van der Waals surface area contributed by atoms with Crippen LogP contribution in [0.3, 0.4) is 0 Å². The number of aliphatic carboxylic acids is 1. The first-order valence-electron chi connectivity index (χ1n) is 25.4. The summed E-state index contributed by atoms with van der Waals surface area (Å²) in [6.45, 7) is 9.12. The highest BCUT2D eigenvalue weighted by Gasteiger charge is 2.13. The standard InChI is InChI=1S/C51H97NO8/c1-3-5-7-9-11-13-15-17-19-21-23-25-27-29-31-35-42-58-47-49(59-44-37-32-30-28-26-24-22-20-18-16-14-12-10-8-6-4-2)48-60-51(55)52-40-38-43-57-46-45-56-41-36-33-34-39-50(53)54/h17-20,49H,3-16,21-48H2,1-2H3,(H,52,55)(H,53,54)/b19-17-,20-18-. The van der Waals surface area contributed by atoms with Crippen LogP contribution >= 0.6 is 0 Å². The fourth-order valence-electron chi connectivity index (χ4n) is 6.97. The van der Waals surface area contributed by atoms with E-state index in [1.807, 2.05) is 0 Å². The fourth-order valence-corrected chi connectivity index (χ4v) is 6.97. The van der Waals surface area contributed by atoms with E-state index >= 15 is 0 Å². The number of ether oxygens (including phenoxy) is 5. The van der Waals surface area contributed by atoms with Gasteiger partial charge in [-0.2, -0.15) is 0 Å². The number of carboxylic acids is 1. The van der Waals surface area contributed by atoms with Gasteiger partial charge in [0.15, 0.2) is 0 Å². The van der Waals surface area contributed by atoms with E-state index in [2.05, 4.69) is 43.5 Å². The molecule has 0 saturated heterocycles. The molecule has 9 nitrogen and oxygen atoms in total. The minimum absolute atomic E-state index is 0.176. The molecule has 0 saturated carbocycles. The average Bonchev–Trinajstić information content (AvgIpc) is 3.24. The molecule has 0 heterocycles. The topological polar surface area (TPSA) is 113 Å². The molecule has 0 aliphatic rings. The predicted octanol–water partition coefficient (Wildman–Crippen LogP) is 14.3. The van der Waals surface area contributed by atoms with Crippen LogP contribution in [0, 0.1) is 0 Å². The van der Waals surface area contributed by atoms with Crippen LogP contribution in [0.2, 0.25) is 0 Å². The molecule has 60 heavy (non-hydrogen) atoms. The van der Waals surface area contributed by atoms with E-state index in [1.165, 1.54) is 161 Å². The molecule has 0 spiro atoms. The van der Waals surface area contributed by atoms with Gasteiger partial charge in [0, 0.05) is 39.4 Å². The molecule has 2 N–H and O–H groups in total. The van der Waals surface area contributed by atoms with Gasteiger partial charge in [-0.25, -0.2) is 4.79 Å². The van der Waals surface area contributed by atoms with Crippen molar-refractivity contribution >= 4 is 12.1 Å². The van der Waals surface area contributed by atoms with Crippen molar-refractivity contribution in [2.45, 2.75) is 232 Å². The summed E-state index contributed by atoms with van der Waals surface area (Å²) in [4.78, 5) is 23.0. The summed E-state index contributed by atoms with van der Waals surface area (Å²) < 4.78 is 28.8. The van der Waals surface area contributed by atoms with E-state index in [4.69, 9.17) is 28.8 Å². The Kier molecular flexibility index (Phi) is 49.7. The maximum atomic E-state index is 12.4. The molecule has 0 rings (SSSR count). The second kappa shape index (κ2) is 51.4. The van der Waals surface area contributed by atoms with Crippen molar-refractivity contribution in [1.82, 2.24) is 5.32 Å². The zero-order valence-corrected chi connectivity index (χ0v) is 39.4. The Bertz CT molecular complexity index is 929. The van der Waals surface area contributed by atoms with Crippen LogP contribution in [-0.2, 0) is 28.5 Å². The van der Waals surface area contributed by atoms with Gasteiger partial charge >= 0.3 is 12.1 Å². The third-order valence-electron chi connectivity index (χ3n) is 10.8. The van der Waals surface area contributed by atoms with Crippen molar-refractivity contribution < 1.29 is 38.4 Å². The summed E-state index contributed by atoms with van der Waals surface area (Å²) in [5.74, 6) is -0.751. The number of unbranched alkanes of at least 4 members (excludes halogenated alkanes) is 26. The van der Waals surface area contributed by atoms with Crippen LogP contribution in [-0.4, -0.2) is 82.7 Å². The minimum Gasteiger partial charge on any atom is -0.481 e. The smallest absolute Gasteiger partial charge is 0.407 e. The lowest BCUT2D eigenvalue weighted by Crippen LogP contribution is -2.32. The van der Waals surface area contributed by atoms with Crippen LogP contribution in [0.4, 0.5) is 4.79 Å². The maximum Gasteiger partial charge on any atom is 0.407 e. The molecular weight excluding hydrogens is 755 g/mol. The molecule has 0 radical (unpaired) electrons. The highest BCUT2D eigenvalue weighted by molar-refractivity contribution is 5.67. The number of amides is 1. The molecule has 0 aliphatic carbocycles. The van der Waals surface area contributed by atoms with Gasteiger partial charge in [-0.1, -0.05) is 160 Å². The lowest BCUT2D eigenvalue weighted by atomic mass is 10.1. The van der Waals surface area contributed by atoms with Crippen molar-refractivity contribution in [2.24, 2.45) is 0 Å². The van der Waals surface area contributed by atoms with Crippen molar-refractivity contribution in [1.29, 1.82) is 0 Å². The van der Waals surface area contributed by atoms with Crippen LogP contribution in [0.5, 0.6) is 0 Å². The summed E-state index contributed by atoms with van der Waals surface area (Å²) >= 11 is 0. The van der Waals surface area contributed by atoms with Crippen molar-refractivity contribution in [3.8, 4) is 0 Å². The zero-order valence-electron chi connectivity index (χ0n) is 39.4. The van der Waals surface area contributed by atoms with Gasteiger partial charge in [-0.15, -0.1) is 0 Å². The number of alkyl carbamates (subject to hydrolysis) is 1. The summed E-state index contributed by atoms with van der Waals surface area (Å²) in [6.07, 6.45) is 48.0. The molecule has 1 atom stereocenters. The van der Waals surface area contributed by atoms with Gasteiger partial charge in [0.25, 0.3) is 0 Å². The van der Waals surface area contributed by atoms with Gasteiger partial charge in [-0.3, -0.25) is 4.79 Å². The quantitative estimate of drug-likeness (QED) is 0.0460. The van der Waals surface area contributed by atoms with Crippen LogP contribution in [0.15, 0.2) is 24.3 Å². The summed E-state index contributed by atoms with van der Waals surface area (Å²) in [7, 11) is 0. The Morgan fingerprint density at radius 2 is 0.850 bits per heavy atom. The summed E-state index contributed by atoms with van der Waals surface area (Å²) in [6, 6.07) is 0. The van der Waals surface area contributed by atoms with Crippen LogP contribution < -0.4 is 5.32 Å². The SMILES string of the molecule is CCCCCCCC/C=C\CCCCCCCCOCC(COC(=O)NCCCOCCOCCCCCC(=O)O)OCCCCCCCC/C=C\CCCCCCCC. The van der Waals surface area contributed by atoms with E-state index in [0.29, 0.717) is 65.6 Å². The third kappa shape index (κ3) is 50.4. The third-order valence-corrected chi connectivity index (χ3v) is 10.8. The molecular formula is C51H97NO8. The molecule has 0 aromatic rings. The van der Waals surface area contributed by atoms with E-state index in [0.717, 1.165) is 32.1 Å².